The average Bonchev–Trinajstić information content (AvgIpc) is 3.54. The Morgan fingerprint density at radius 1 is 1.08 bits per heavy atom. The van der Waals surface area contributed by atoms with Crippen LogP contribution < -0.4 is 19.7 Å². The van der Waals surface area contributed by atoms with Gasteiger partial charge in [-0.15, -0.1) is 0 Å². The van der Waals surface area contributed by atoms with Crippen molar-refractivity contribution in [3.8, 4) is 23.5 Å². The molecule has 0 spiro atoms. The Labute approximate surface area is 213 Å². The molecular weight excluding hydrogens is 454 g/mol. The second-order valence-corrected chi connectivity index (χ2v) is 9.01. The van der Waals surface area contributed by atoms with E-state index in [0.717, 1.165) is 49.4 Å². The van der Waals surface area contributed by atoms with Gasteiger partial charge in [-0.05, 0) is 87.5 Å². The molecule has 1 fully saturated rings. The Morgan fingerprint density at radius 2 is 1.86 bits per heavy atom. The summed E-state index contributed by atoms with van der Waals surface area (Å²) in [6.45, 7) is 4.88. The van der Waals surface area contributed by atoms with Crippen molar-refractivity contribution in [2.45, 2.75) is 32.2 Å². The fourth-order valence-electron chi connectivity index (χ4n) is 3.93. The van der Waals surface area contributed by atoms with Gasteiger partial charge in [0.25, 0.3) is 5.95 Å². The molecule has 188 valence electrons. The number of likely N-dealkylation sites (N-methyl/N-ethyl adjacent to an activating group) is 1. The van der Waals surface area contributed by atoms with E-state index in [1.54, 1.807) is 12.1 Å². The third kappa shape index (κ3) is 7.06. The highest BCUT2D eigenvalue weighted by Gasteiger charge is 2.24. The Balaban J connectivity index is 1.26. The Hall–Kier alpha value is -3.89. The van der Waals surface area contributed by atoms with Crippen molar-refractivity contribution in [3.63, 3.8) is 0 Å². The van der Waals surface area contributed by atoms with E-state index in [-0.39, 0.29) is 5.95 Å². The van der Waals surface area contributed by atoms with Crippen LogP contribution in [0.4, 0.5) is 16.2 Å². The number of nitrogens with zero attached hydrogens (tertiary/aromatic N) is 2. The first-order valence-corrected chi connectivity index (χ1v) is 12.3. The van der Waals surface area contributed by atoms with Crippen molar-refractivity contribution >= 4 is 17.5 Å². The van der Waals surface area contributed by atoms with Gasteiger partial charge < -0.3 is 23.7 Å². The molecule has 4 rings (SSSR count). The maximum absolute atomic E-state index is 12.3. The number of hydrogen-bond acceptors (Lipinski definition) is 6. The van der Waals surface area contributed by atoms with E-state index in [2.05, 4.69) is 48.0 Å². The van der Waals surface area contributed by atoms with Crippen LogP contribution in [0.2, 0.25) is 0 Å². The minimum Gasteiger partial charge on any atom is -0.494 e. The van der Waals surface area contributed by atoms with Crippen molar-refractivity contribution in [1.29, 1.82) is 0 Å². The van der Waals surface area contributed by atoms with Crippen molar-refractivity contribution in [1.82, 2.24) is 4.90 Å². The first-order valence-electron chi connectivity index (χ1n) is 12.3. The fraction of sp³-hybridized carbons (Fsp3) is 0.345. The van der Waals surface area contributed by atoms with Crippen LogP contribution in [0.15, 0.2) is 65.1 Å². The number of ether oxygens (including phenoxy) is 2. The molecule has 0 radical (unpaired) electrons. The predicted molar refractivity (Wildman–Crippen MR) is 142 cm³/mol. The number of carbonyl (C=O) groups excluding carboxylic acids is 1. The number of carbonyl (C=O) groups is 1. The normalized spacial score (nSPS) is 14.9. The molecule has 36 heavy (non-hydrogen) atoms. The molecule has 0 bridgehead atoms. The van der Waals surface area contributed by atoms with E-state index in [0.29, 0.717) is 24.1 Å². The van der Waals surface area contributed by atoms with Gasteiger partial charge in [0, 0.05) is 42.1 Å². The van der Waals surface area contributed by atoms with Gasteiger partial charge in [0.15, 0.2) is 5.76 Å². The van der Waals surface area contributed by atoms with Crippen molar-refractivity contribution in [3.05, 3.63) is 72.0 Å². The number of amides is 1. The molecule has 3 aromatic rings. The monoisotopic (exact) mass is 487 g/mol. The van der Waals surface area contributed by atoms with E-state index in [9.17, 15) is 4.79 Å². The number of anilines is 2. The number of benzene rings is 2. The number of furan rings is 1. The van der Waals surface area contributed by atoms with Gasteiger partial charge in [0.1, 0.15) is 5.75 Å². The third-order valence-corrected chi connectivity index (χ3v) is 6.10. The van der Waals surface area contributed by atoms with Crippen LogP contribution in [0.3, 0.4) is 0 Å². The summed E-state index contributed by atoms with van der Waals surface area (Å²) in [5, 5.41) is 2.73. The van der Waals surface area contributed by atoms with Gasteiger partial charge in [0.05, 0.1) is 6.61 Å². The second kappa shape index (κ2) is 12.2. The molecule has 7 nitrogen and oxygen atoms in total. The van der Waals surface area contributed by atoms with Crippen LogP contribution in [-0.2, 0) is 0 Å². The highest BCUT2D eigenvalue weighted by Crippen LogP contribution is 2.24. The maximum atomic E-state index is 12.3. The van der Waals surface area contributed by atoms with Crippen LogP contribution in [0.5, 0.6) is 11.7 Å². The number of rotatable bonds is 8. The maximum Gasteiger partial charge on any atom is 0.419 e. The summed E-state index contributed by atoms with van der Waals surface area (Å²) < 4.78 is 16.5. The Kier molecular flexibility index (Phi) is 8.53. The lowest BCUT2D eigenvalue weighted by atomic mass is 10.2. The molecule has 2 aromatic carbocycles. The van der Waals surface area contributed by atoms with Gasteiger partial charge in [-0.2, -0.15) is 0 Å². The molecular formula is C29H33N3O4. The lowest BCUT2D eigenvalue weighted by Gasteiger charge is -2.22. The molecule has 1 atom stereocenters. The molecule has 1 unspecified atom stereocenters. The summed E-state index contributed by atoms with van der Waals surface area (Å²) in [4.78, 5) is 16.9. The standard InChI is InChI=1S/C29H33N3O4/c1-4-5-20-34-26-13-6-22(7-14-26)8-15-27-16-17-28(35-27)36-29(33)30-23-9-11-24(12-10-23)32-19-18-25(21-32)31(2)3/h6-7,9-14,16-17,25H,4-5,18-21H2,1-3H3,(H,30,33). The number of unbranched alkanes of at least 4 members (excludes halogenated alkanes) is 1. The van der Waals surface area contributed by atoms with Gasteiger partial charge in [-0.1, -0.05) is 19.3 Å². The third-order valence-electron chi connectivity index (χ3n) is 6.10. The quantitative estimate of drug-likeness (QED) is 0.329. The largest absolute Gasteiger partial charge is 0.494 e. The smallest absolute Gasteiger partial charge is 0.419 e. The average molecular weight is 488 g/mol. The predicted octanol–water partition coefficient (Wildman–Crippen LogP) is 5.61. The van der Waals surface area contributed by atoms with Crippen molar-refractivity contribution < 1.29 is 18.7 Å². The molecule has 1 N–H and O–H groups in total. The summed E-state index contributed by atoms with van der Waals surface area (Å²) in [6.07, 6.45) is 2.66. The van der Waals surface area contributed by atoms with Crippen LogP contribution in [0, 0.1) is 11.8 Å². The van der Waals surface area contributed by atoms with Gasteiger partial charge in [0.2, 0.25) is 0 Å². The van der Waals surface area contributed by atoms with E-state index >= 15 is 0 Å². The summed E-state index contributed by atoms with van der Waals surface area (Å²) >= 11 is 0. The van der Waals surface area contributed by atoms with Gasteiger partial charge >= 0.3 is 6.09 Å². The lowest BCUT2D eigenvalue weighted by Crippen LogP contribution is -2.31. The molecule has 1 aliphatic heterocycles. The number of hydrogen-bond donors (Lipinski definition) is 1. The minimum absolute atomic E-state index is 0.0832. The topological polar surface area (TPSA) is 67.2 Å². The van der Waals surface area contributed by atoms with E-state index in [1.165, 1.54) is 0 Å². The molecule has 1 amide bonds. The molecule has 0 aliphatic carbocycles. The summed E-state index contributed by atoms with van der Waals surface area (Å²) in [7, 11) is 4.23. The molecule has 1 aliphatic rings. The van der Waals surface area contributed by atoms with E-state index in [4.69, 9.17) is 13.9 Å². The summed E-state index contributed by atoms with van der Waals surface area (Å²) in [5.74, 6) is 7.30. The minimum atomic E-state index is -0.621. The first-order chi connectivity index (χ1) is 17.5. The molecule has 2 heterocycles. The first kappa shape index (κ1) is 25.2. The molecule has 1 aromatic heterocycles. The van der Waals surface area contributed by atoms with Crippen LogP contribution in [-0.4, -0.2) is 50.8 Å². The summed E-state index contributed by atoms with van der Waals surface area (Å²) in [5.41, 5.74) is 2.64. The fourth-order valence-corrected chi connectivity index (χ4v) is 3.93. The van der Waals surface area contributed by atoms with E-state index in [1.807, 2.05) is 48.5 Å². The van der Waals surface area contributed by atoms with Crippen molar-refractivity contribution in [2.75, 3.05) is 44.0 Å². The second-order valence-electron chi connectivity index (χ2n) is 9.01. The van der Waals surface area contributed by atoms with Gasteiger partial charge in [-0.3, -0.25) is 5.32 Å². The van der Waals surface area contributed by atoms with Gasteiger partial charge in [-0.25, -0.2) is 4.79 Å². The molecule has 1 saturated heterocycles. The zero-order valence-electron chi connectivity index (χ0n) is 21.1. The van der Waals surface area contributed by atoms with Crippen LogP contribution in [0.25, 0.3) is 0 Å². The Bertz CT molecular complexity index is 1190. The molecule has 0 saturated carbocycles. The molecule has 7 heteroatoms. The van der Waals surface area contributed by atoms with Crippen molar-refractivity contribution in [2.24, 2.45) is 0 Å². The van der Waals surface area contributed by atoms with Crippen LogP contribution in [0.1, 0.15) is 37.5 Å². The Morgan fingerprint density at radius 3 is 2.56 bits per heavy atom. The highest BCUT2D eigenvalue weighted by atomic mass is 16.6. The highest BCUT2D eigenvalue weighted by molar-refractivity contribution is 5.86. The lowest BCUT2D eigenvalue weighted by molar-refractivity contribution is 0.202. The van der Waals surface area contributed by atoms with Crippen LogP contribution >= 0.6 is 0 Å². The zero-order chi connectivity index (χ0) is 25.3. The zero-order valence-corrected chi connectivity index (χ0v) is 21.1. The SMILES string of the molecule is CCCCOc1ccc(C#Cc2ccc(OC(=O)Nc3ccc(N4CCC(N(C)C)C4)cc3)o2)cc1. The number of nitrogens with one attached hydrogen (secondary N) is 1. The van der Waals surface area contributed by atoms with E-state index < -0.39 is 6.09 Å². The summed E-state index contributed by atoms with van der Waals surface area (Å²) in [6, 6.07) is 19.2.